The molecular formula is C34H30S2. The van der Waals surface area contributed by atoms with E-state index in [-0.39, 0.29) is 0 Å². The van der Waals surface area contributed by atoms with Gasteiger partial charge >= 0.3 is 0 Å². The molecule has 0 amide bonds. The first-order valence-electron chi connectivity index (χ1n) is 13.0. The normalized spacial score (nSPS) is 11.5. The minimum atomic E-state index is 1.08. The minimum absolute atomic E-state index is 1.08. The molecule has 0 aliphatic rings. The lowest BCUT2D eigenvalue weighted by Crippen LogP contribution is -1.82. The predicted octanol–water partition coefficient (Wildman–Crippen LogP) is 10.6. The van der Waals surface area contributed by atoms with Crippen LogP contribution >= 0.6 is 22.7 Å². The van der Waals surface area contributed by atoms with Crippen LogP contribution in [-0.2, 0) is 6.42 Å². The smallest absolute Gasteiger partial charge is 0.0775 e. The highest BCUT2D eigenvalue weighted by Crippen LogP contribution is 2.39. The maximum absolute atomic E-state index is 3.41. The van der Waals surface area contributed by atoms with E-state index in [1.807, 2.05) is 22.7 Å². The van der Waals surface area contributed by atoms with Gasteiger partial charge in [0.05, 0.1) is 4.88 Å². The molecule has 2 heteroatoms. The highest BCUT2D eigenvalue weighted by Gasteiger charge is 2.09. The zero-order valence-corrected chi connectivity index (χ0v) is 22.8. The first-order chi connectivity index (χ1) is 17.6. The van der Waals surface area contributed by atoms with Gasteiger partial charge in [0.15, 0.2) is 0 Å². The number of fused-ring (bicyclic) bond motifs is 5. The van der Waals surface area contributed by atoms with E-state index in [2.05, 4.69) is 99.3 Å². The topological polar surface area (TPSA) is 0 Å². The molecule has 0 unspecified atom stereocenters. The van der Waals surface area contributed by atoms with Crippen LogP contribution in [0.1, 0.15) is 59.1 Å². The third-order valence-electron chi connectivity index (χ3n) is 7.27. The van der Waals surface area contributed by atoms with Crippen molar-refractivity contribution in [2.24, 2.45) is 0 Å². The van der Waals surface area contributed by atoms with Gasteiger partial charge in [0, 0.05) is 30.6 Å². The molecule has 0 spiro atoms. The fraction of sp³-hybridized carbons (Fsp3) is 0.235. The van der Waals surface area contributed by atoms with Crippen molar-refractivity contribution in [2.75, 3.05) is 0 Å². The zero-order chi connectivity index (χ0) is 24.6. The fourth-order valence-electron chi connectivity index (χ4n) is 5.06. The predicted molar refractivity (Wildman–Crippen MR) is 162 cm³/mol. The van der Waals surface area contributed by atoms with Crippen LogP contribution in [0.5, 0.6) is 0 Å². The van der Waals surface area contributed by atoms with Crippen LogP contribution in [0.15, 0.2) is 66.7 Å². The SMILES string of the molecule is CCCCCCc1ccc(C#Cc2ccc3cc4c(cc3c2)sc2cc3cc(C)c(C)cc3cc24)s1. The Balaban J connectivity index is 1.32. The number of thiophene rings is 2. The van der Waals surface area contributed by atoms with E-state index in [0.29, 0.717) is 0 Å². The lowest BCUT2D eigenvalue weighted by molar-refractivity contribution is 0.670. The molecule has 0 saturated carbocycles. The second-order valence-corrected chi connectivity index (χ2v) is 12.2. The summed E-state index contributed by atoms with van der Waals surface area (Å²) in [5.74, 6) is 6.82. The molecule has 4 aromatic carbocycles. The summed E-state index contributed by atoms with van der Waals surface area (Å²) in [5.41, 5.74) is 3.79. The van der Waals surface area contributed by atoms with Crippen LogP contribution < -0.4 is 0 Å². The Hall–Kier alpha value is -3.12. The van der Waals surface area contributed by atoms with Gasteiger partial charge in [-0.1, -0.05) is 56.2 Å². The molecule has 2 heterocycles. The van der Waals surface area contributed by atoms with Gasteiger partial charge in [-0.05, 0) is 108 Å². The number of rotatable bonds is 5. The van der Waals surface area contributed by atoms with Gasteiger partial charge in [-0.3, -0.25) is 0 Å². The summed E-state index contributed by atoms with van der Waals surface area (Å²) in [6.45, 7) is 6.66. The number of benzene rings is 4. The molecule has 178 valence electrons. The second kappa shape index (κ2) is 9.74. The Labute approximate surface area is 221 Å². The maximum atomic E-state index is 3.41. The number of hydrogen-bond acceptors (Lipinski definition) is 2. The summed E-state index contributed by atoms with van der Waals surface area (Å²) >= 11 is 3.74. The Bertz CT molecular complexity index is 1800. The maximum Gasteiger partial charge on any atom is 0.0775 e. The van der Waals surface area contributed by atoms with Gasteiger partial charge < -0.3 is 0 Å². The van der Waals surface area contributed by atoms with E-state index >= 15 is 0 Å². The summed E-state index contributed by atoms with van der Waals surface area (Å²) in [6, 6.07) is 25.2. The number of hydrogen-bond donors (Lipinski definition) is 0. The summed E-state index contributed by atoms with van der Waals surface area (Å²) in [5, 5.41) is 7.91. The quantitative estimate of drug-likeness (QED) is 0.162. The van der Waals surface area contributed by atoms with Crippen LogP contribution in [0.4, 0.5) is 0 Å². The molecule has 36 heavy (non-hydrogen) atoms. The van der Waals surface area contributed by atoms with E-state index in [0.717, 1.165) is 10.4 Å². The van der Waals surface area contributed by atoms with Gasteiger partial charge in [-0.15, -0.1) is 22.7 Å². The van der Waals surface area contributed by atoms with E-state index < -0.39 is 0 Å². The average molecular weight is 503 g/mol. The van der Waals surface area contributed by atoms with Gasteiger partial charge in [0.25, 0.3) is 0 Å². The lowest BCUT2D eigenvalue weighted by atomic mass is 9.99. The summed E-state index contributed by atoms with van der Waals surface area (Å²) in [4.78, 5) is 2.62. The van der Waals surface area contributed by atoms with Crippen molar-refractivity contribution >= 4 is 64.4 Å². The molecule has 0 nitrogen and oxygen atoms in total. The first kappa shape index (κ1) is 23.3. The van der Waals surface area contributed by atoms with Crippen molar-refractivity contribution in [3.63, 3.8) is 0 Å². The van der Waals surface area contributed by atoms with Crippen LogP contribution in [0.25, 0.3) is 41.7 Å². The highest BCUT2D eigenvalue weighted by molar-refractivity contribution is 7.26. The standard InChI is InChI=1S/C34H30S2/c1-4-5-6-7-8-29-13-14-30(35-29)12-10-24-9-11-25-18-31-32-19-26-15-22(2)23(3)16-27(26)20-33(32)36-34(31)21-28(25)17-24/h9,11,13-21H,4-8H2,1-3H3. The van der Waals surface area contributed by atoms with Gasteiger partial charge in [0.1, 0.15) is 0 Å². The monoisotopic (exact) mass is 502 g/mol. The number of unbranched alkanes of at least 4 members (excludes halogenated alkanes) is 3. The minimum Gasteiger partial charge on any atom is -0.135 e. The van der Waals surface area contributed by atoms with E-state index in [4.69, 9.17) is 0 Å². The molecular weight excluding hydrogens is 473 g/mol. The Morgan fingerprint density at radius 1 is 0.611 bits per heavy atom. The average Bonchev–Trinajstić information content (AvgIpc) is 3.47. The molecule has 0 saturated heterocycles. The van der Waals surface area contributed by atoms with Crippen LogP contribution in [0.2, 0.25) is 0 Å². The van der Waals surface area contributed by atoms with Crippen molar-refractivity contribution in [3.8, 4) is 11.8 Å². The van der Waals surface area contributed by atoms with E-state index in [1.165, 1.54) is 89.8 Å². The summed E-state index contributed by atoms with van der Waals surface area (Å²) in [7, 11) is 0. The van der Waals surface area contributed by atoms with Crippen molar-refractivity contribution < 1.29 is 0 Å². The number of aryl methyl sites for hydroxylation is 3. The molecule has 6 rings (SSSR count). The third-order valence-corrected chi connectivity index (χ3v) is 9.44. The van der Waals surface area contributed by atoms with Crippen LogP contribution in [-0.4, -0.2) is 0 Å². The molecule has 0 N–H and O–H groups in total. The largest absolute Gasteiger partial charge is 0.135 e. The molecule has 0 bridgehead atoms. The summed E-state index contributed by atoms with van der Waals surface area (Å²) < 4.78 is 2.71. The van der Waals surface area contributed by atoms with Gasteiger partial charge in [-0.25, -0.2) is 0 Å². The summed E-state index contributed by atoms with van der Waals surface area (Å²) in [6.07, 6.45) is 6.42. The van der Waals surface area contributed by atoms with Crippen molar-refractivity contribution in [1.82, 2.24) is 0 Å². The van der Waals surface area contributed by atoms with Gasteiger partial charge in [-0.2, -0.15) is 0 Å². The Morgan fingerprint density at radius 3 is 2.06 bits per heavy atom. The molecule has 0 radical (unpaired) electrons. The van der Waals surface area contributed by atoms with E-state index in [1.54, 1.807) is 0 Å². The molecule has 0 fully saturated rings. The van der Waals surface area contributed by atoms with E-state index in [9.17, 15) is 0 Å². The first-order valence-corrected chi connectivity index (χ1v) is 14.6. The van der Waals surface area contributed by atoms with Crippen molar-refractivity contribution in [3.05, 3.63) is 93.2 Å². The fourth-order valence-corrected chi connectivity index (χ4v) is 7.13. The molecule has 0 aliphatic carbocycles. The molecule has 2 aromatic heterocycles. The molecule has 6 aromatic rings. The van der Waals surface area contributed by atoms with Crippen molar-refractivity contribution in [1.29, 1.82) is 0 Å². The van der Waals surface area contributed by atoms with Crippen LogP contribution in [0.3, 0.4) is 0 Å². The molecule has 0 atom stereocenters. The third kappa shape index (κ3) is 4.55. The Kier molecular flexibility index (Phi) is 6.30. The molecule has 0 aliphatic heterocycles. The zero-order valence-electron chi connectivity index (χ0n) is 21.2. The Morgan fingerprint density at radius 2 is 1.31 bits per heavy atom. The van der Waals surface area contributed by atoms with Crippen molar-refractivity contribution in [2.45, 2.75) is 52.9 Å². The second-order valence-electron chi connectivity index (χ2n) is 9.97. The highest BCUT2D eigenvalue weighted by atomic mass is 32.1. The van der Waals surface area contributed by atoms with Crippen LogP contribution in [0, 0.1) is 25.7 Å². The van der Waals surface area contributed by atoms with Gasteiger partial charge in [0.2, 0.25) is 0 Å². The lowest BCUT2D eigenvalue weighted by Gasteiger charge is -2.04.